The molecule has 8 heteroatoms. The van der Waals surface area contributed by atoms with E-state index in [2.05, 4.69) is 17.5 Å². The maximum atomic E-state index is 11.1. The highest BCUT2D eigenvalue weighted by atomic mass is 35.5. The van der Waals surface area contributed by atoms with Crippen LogP contribution in [-0.4, -0.2) is 44.0 Å². The maximum absolute atomic E-state index is 11.1. The fourth-order valence-corrected chi connectivity index (χ4v) is 1.71. The van der Waals surface area contributed by atoms with E-state index in [4.69, 9.17) is 32.0 Å². The number of rotatable bonds is 4. The van der Waals surface area contributed by atoms with E-state index in [0.29, 0.717) is 16.8 Å². The van der Waals surface area contributed by atoms with E-state index in [1.54, 1.807) is 31.4 Å². The molecule has 2 rings (SSSR count). The van der Waals surface area contributed by atoms with E-state index in [1.807, 2.05) is 20.6 Å². The molecule has 0 fully saturated rings. The fourth-order valence-electron chi connectivity index (χ4n) is 1.52. The zero-order valence-electron chi connectivity index (χ0n) is 17.1. The second-order valence-electron chi connectivity index (χ2n) is 5.39. The maximum Gasteiger partial charge on any atom is 0.233 e. The summed E-state index contributed by atoms with van der Waals surface area (Å²) in [6.45, 7) is 6.00. The lowest BCUT2D eigenvalue weighted by Crippen LogP contribution is -2.21. The molecule has 0 radical (unpaired) electrons. The number of nitrogens with two attached hydrogens (primary N) is 1. The highest BCUT2D eigenvalue weighted by molar-refractivity contribution is 6.30. The Morgan fingerprint density at radius 1 is 1.25 bits per heavy atom. The fraction of sp³-hybridized carbons (Fsp3) is 0.450. The number of carbonyl (C=O) groups excluding carboxylic acids is 3. The lowest BCUT2D eigenvalue weighted by atomic mass is 10.3. The summed E-state index contributed by atoms with van der Waals surface area (Å²) in [4.78, 5) is 29.5. The molecule has 1 aliphatic carbocycles. The van der Waals surface area contributed by atoms with Gasteiger partial charge in [0, 0.05) is 24.9 Å². The molecular weight excluding hydrogens is 384 g/mol. The largest absolute Gasteiger partial charge is 0.400 e. The Balaban J connectivity index is -0.000000367. The summed E-state index contributed by atoms with van der Waals surface area (Å²) in [6.07, 6.45) is 8.56. The number of anilines is 1. The van der Waals surface area contributed by atoms with Crippen molar-refractivity contribution in [2.24, 2.45) is 5.73 Å². The third-order valence-corrected chi connectivity index (χ3v) is 3.06. The number of ether oxygens (including phenoxy) is 1. The van der Waals surface area contributed by atoms with Crippen molar-refractivity contribution >= 4 is 35.9 Å². The van der Waals surface area contributed by atoms with Gasteiger partial charge in [-0.1, -0.05) is 29.8 Å². The van der Waals surface area contributed by atoms with Crippen molar-refractivity contribution < 1.29 is 24.2 Å². The van der Waals surface area contributed by atoms with Gasteiger partial charge in [-0.2, -0.15) is 0 Å². The SMILES string of the molecule is C1=CCCC1.C=O.CO.COC(C)C.NC(=O)CC(=O)Nc1cccc(Cl)c1. The van der Waals surface area contributed by atoms with Gasteiger partial charge < -0.3 is 25.7 Å². The number of amides is 2. The number of halogens is 1. The molecule has 0 aromatic heterocycles. The summed E-state index contributed by atoms with van der Waals surface area (Å²) in [5.41, 5.74) is 5.40. The van der Waals surface area contributed by atoms with Gasteiger partial charge in [-0.05, 0) is 51.3 Å². The summed E-state index contributed by atoms with van der Waals surface area (Å²) < 4.78 is 4.75. The van der Waals surface area contributed by atoms with Crippen molar-refractivity contribution in [1.29, 1.82) is 0 Å². The second kappa shape index (κ2) is 22.8. The van der Waals surface area contributed by atoms with Crippen molar-refractivity contribution in [3.63, 3.8) is 0 Å². The van der Waals surface area contributed by atoms with Crippen molar-refractivity contribution in [1.82, 2.24) is 0 Å². The Kier molecular flexibility index (Phi) is 24.9. The van der Waals surface area contributed by atoms with Crippen LogP contribution in [0.2, 0.25) is 5.02 Å². The molecule has 0 heterocycles. The molecule has 0 saturated heterocycles. The summed E-state index contributed by atoms with van der Waals surface area (Å²) in [5, 5.41) is 10.0. The molecule has 1 aromatic carbocycles. The molecular formula is C20H33ClN2O5. The van der Waals surface area contributed by atoms with E-state index in [1.165, 1.54) is 19.3 Å². The monoisotopic (exact) mass is 416 g/mol. The number of allylic oxidation sites excluding steroid dienone is 2. The van der Waals surface area contributed by atoms with Crippen LogP contribution in [-0.2, 0) is 19.1 Å². The second-order valence-corrected chi connectivity index (χ2v) is 5.82. The van der Waals surface area contributed by atoms with Gasteiger partial charge in [-0.3, -0.25) is 9.59 Å². The Bertz CT molecular complexity index is 545. The average molecular weight is 417 g/mol. The predicted molar refractivity (Wildman–Crippen MR) is 114 cm³/mol. The normalized spacial score (nSPS) is 10.5. The van der Waals surface area contributed by atoms with Gasteiger partial charge in [0.25, 0.3) is 0 Å². The van der Waals surface area contributed by atoms with Gasteiger partial charge in [0.15, 0.2) is 0 Å². The number of hydrogen-bond donors (Lipinski definition) is 3. The molecule has 1 aromatic rings. The average Bonchev–Trinajstić information content (AvgIpc) is 3.25. The van der Waals surface area contributed by atoms with Gasteiger partial charge in [0.05, 0.1) is 6.10 Å². The van der Waals surface area contributed by atoms with Crippen molar-refractivity contribution in [2.75, 3.05) is 19.5 Å². The summed E-state index contributed by atoms with van der Waals surface area (Å²) >= 11 is 5.69. The first kappa shape index (κ1) is 30.5. The lowest BCUT2D eigenvalue weighted by molar-refractivity contribution is -0.124. The van der Waals surface area contributed by atoms with Crippen LogP contribution < -0.4 is 11.1 Å². The van der Waals surface area contributed by atoms with Crippen LogP contribution in [0.5, 0.6) is 0 Å². The van der Waals surface area contributed by atoms with Crippen LogP contribution in [0, 0.1) is 0 Å². The van der Waals surface area contributed by atoms with Gasteiger partial charge in [0.1, 0.15) is 13.2 Å². The number of aliphatic hydroxyl groups excluding tert-OH is 1. The van der Waals surface area contributed by atoms with Crippen LogP contribution in [0.25, 0.3) is 0 Å². The number of benzene rings is 1. The lowest BCUT2D eigenvalue weighted by Gasteiger charge is -2.03. The minimum Gasteiger partial charge on any atom is -0.400 e. The third kappa shape index (κ3) is 23.8. The van der Waals surface area contributed by atoms with Crippen LogP contribution in [0.15, 0.2) is 36.4 Å². The Morgan fingerprint density at radius 2 is 1.75 bits per heavy atom. The van der Waals surface area contributed by atoms with E-state index in [0.717, 1.165) is 7.11 Å². The number of primary amides is 1. The topological polar surface area (TPSA) is 119 Å². The zero-order chi connectivity index (χ0) is 22.4. The number of aliphatic hydroxyl groups is 1. The molecule has 160 valence electrons. The first-order valence-corrected chi connectivity index (χ1v) is 8.98. The first-order valence-electron chi connectivity index (χ1n) is 8.60. The minimum atomic E-state index is -0.662. The number of hydrogen-bond acceptors (Lipinski definition) is 5. The van der Waals surface area contributed by atoms with Gasteiger partial charge >= 0.3 is 0 Å². The van der Waals surface area contributed by atoms with E-state index >= 15 is 0 Å². The van der Waals surface area contributed by atoms with Crippen molar-refractivity contribution in [3.8, 4) is 0 Å². The number of methoxy groups -OCH3 is 1. The molecule has 0 unspecified atom stereocenters. The highest BCUT2D eigenvalue weighted by Crippen LogP contribution is 2.14. The smallest absolute Gasteiger partial charge is 0.233 e. The van der Waals surface area contributed by atoms with E-state index in [-0.39, 0.29) is 6.42 Å². The quantitative estimate of drug-likeness (QED) is 0.513. The van der Waals surface area contributed by atoms with Crippen LogP contribution in [0.4, 0.5) is 5.69 Å². The minimum absolute atomic E-state index is 0.327. The van der Waals surface area contributed by atoms with Crippen molar-refractivity contribution in [2.45, 2.75) is 45.6 Å². The molecule has 28 heavy (non-hydrogen) atoms. The summed E-state index contributed by atoms with van der Waals surface area (Å²) in [6, 6.07) is 6.64. The molecule has 0 aliphatic heterocycles. The highest BCUT2D eigenvalue weighted by Gasteiger charge is 2.05. The molecule has 7 nitrogen and oxygen atoms in total. The first-order chi connectivity index (χ1) is 13.3. The zero-order valence-corrected chi connectivity index (χ0v) is 17.9. The van der Waals surface area contributed by atoms with Gasteiger partial charge in [0.2, 0.25) is 11.8 Å². The van der Waals surface area contributed by atoms with Gasteiger partial charge in [-0.25, -0.2) is 0 Å². The van der Waals surface area contributed by atoms with Gasteiger partial charge in [-0.15, -0.1) is 0 Å². The predicted octanol–water partition coefficient (Wildman–Crippen LogP) is 3.35. The van der Waals surface area contributed by atoms with Crippen LogP contribution in [0.3, 0.4) is 0 Å². The molecule has 2 amide bonds. The number of carbonyl (C=O) groups is 3. The Labute approximate surface area is 172 Å². The molecule has 0 bridgehead atoms. The van der Waals surface area contributed by atoms with Crippen molar-refractivity contribution in [3.05, 3.63) is 41.4 Å². The molecule has 0 spiro atoms. The standard InChI is InChI=1S/C9H9ClN2O2.C5H8.C4H10O.CH4O.CH2O/c10-6-2-1-3-7(4-6)12-9(14)5-8(11)13;1-2-4-5-3-1;1-4(2)5-3;2*1-2/h1-4H,5H2,(H2,11,13)(H,12,14);1-2H,3-5H2;4H,1-3H3;2H,1H3;1H2. The molecule has 4 N–H and O–H groups in total. The Hall–Kier alpha value is -2.22. The van der Waals surface area contributed by atoms with Crippen LogP contribution >= 0.6 is 11.6 Å². The molecule has 0 atom stereocenters. The summed E-state index contributed by atoms with van der Waals surface area (Å²) in [5.74, 6) is -1.11. The third-order valence-electron chi connectivity index (χ3n) is 2.82. The van der Waals surface area contributed by atoms with E-state index < -0.39 is 11.8 Å². The van der Waals surface area contributed by atoms with Crippen LogP contribution in [0.1, 0.15) is 39.5 Å². The summed E-state index contributed by atoms with van der Waals surface area (Å²) in [7, 11) is 2.70. The Morgan fingerprint density at radius 3 is 2.07 bits per heavy atom. The molecule has 0 saturated carbocycles. The van der Waals surface area contributed by atoms with E-state index in [9.17, 15) is 9.59 Å². The number of nitrogens with one attached hydrogen (secondary N) is 1. The molecule has 1 aliphatic rings.